The van der Waals surface area contributed by atoms with Gasteiger partial charge in [0, 0.05) is 6.20 Å². The van der Waals surface area contributed by atoms with Gasteiger partial charge < -0.3 is 15.4 Å². The number of hydrogen-bond acceptors (Lipinski definition) is 7. The molecule has 0 aromatic carbocycles. The molecule has 0 aliphatic heterocycles. The molecule has 84 valence electrons. The minimum atomic E-state index is -0.751. The number of nitrogens with zero attached hydrogens (tertiary/aromatic N) is 4. The van der Waals surface area contributed by atoms with Crippen molar-refractivity contribution in [3.63, 3.8) is 0 Å². The molecule has 2 atom stereocenters. The van der Waals surface area contributed by atoms with Crippen molar-refractivity contribution in [2.75, 3.05) is 0 Å². The first kappa shape index (κ1) is 10.7. The van der Waals surface area contributed by atoms with Crippen molar-refractivity contribution < 1.29 is 9.63 Å². The molecule has 0 amide bonds. The zero-order valence-corrected chi connectivity index (χ0v) is 8.61. The van der Waals surface area contributed by atoms with E-state index in [0.717, 1.165) is 0 Å². The number of rotatable bonds is 3. The third-order valence-electron chi connectivity index (χ3n) is 2.06. The van der Waals surface area contributed by atoms with Crippen LogP contribution < -0.4 is 5.73 Å². The van der Waals surface area contributed by atoms with Gasteiger partial charge in [-0.3, -0.25) is 0 Å². The van der Waals surface area contributed by atoms with E-state index in [0.29, 0.717) is 11.5 Å². The van der Waals surface area contributed by atoms with E-state index in [2.05, 4.69) is 20.1 Å². The van der Waals surface area contributed by atoms with E-state index in [4.69, 9.17) is 10.3 Å². The second-order valence-corrected chi connectivity index (χ2v) is 3.32. The van der Waals surface area contributed by atoms with Crippen LogP contribution in [0.1, 0.15) is 18.9 Å². The molecule has 0 saturated heterocycles. The highest BCUT2D eigenvalue weighted by Gasteiger charge is 2.20. The Morgan fingerprint density at radius 2 is 2.31 bits per heavy atom. The summed E-state index contributed by atoms with van der Waals surface area (Å²) in [5.41, 5.74) is 6.19. The molecule has 0 radical (unpaired) electrons. The van der Waals surface area contributed by atoms with Crippen LogP contribution in [0.5, 0.6) is 0 Å². The normalized spacial score (nSPS) is 14.7. The number of aliphatic hydroxyl groups is 1. The van der Waals surface area contributed by atoms with Crippen molar-refractivity contribution in [3.05, 3.63) is 24.5 Å². The first-order chi connectivity index (χ1) is 7.68. The Morgan fingerprint density at radius 1 is 1.50 bits per heavy atom. The van der Waals surface area contributed by atoms with Crippen LogP contribution in [0.25, 0.3) is 11.5 Å². The predicted octanol–water partition coefficient (Wildman–Crippen LogP) is -0.0928. The van der Waals surface area contributed by atoms with Crippen LogP contribution in [0.4, 0.5) is 0 Å². The quantitative estimate of drug-likeness (QED) is 0.744. The van der Waals surface area contributed by atoms with Crippen molar-refractivity contribution in [2.24, 2.45) is 5.73 Å². The van der Waals surface area contributed by atoms with Crippen LogP contribution in [0.2, 0.25) is 0 Å². The highest BCUT2D eigenvalue weighted by atomic mass is 16.5. The lowest BCUT2D eigenvalue weighted by Gasteiger charge is -2.08. The van der Waals surface area contributed by atoms with Gasteiger partial charge in [-0.15, -0.1) is 0 Å². The van der Waals surface area contributed by atoms with Gasteiger partial charge in [0.2, 0.25) is 11.7 Å². The maximum Gasteiger partial charge on any atom is 0.246 e. The largest absolute Gasteiger partial charge is 0.391 e. The topological polar surface area (TPSA) is 111 Å². The summed E-state index contributed by atoms with van der Waals surface area (Å²) in [6.07, 6.45) is 2.21. The standard InChI is InChI=1S/C9H11N5O2/c1-5(15)7(10)9-13-8(14-16-9)6-2-3-11-4-12-6/h2-5,7,15H,10H2,1H3/t5-,7+/m1/s1. The number of nitrogens with two attached hydrogens (primary N) is 1. The van der Waals surface area contributed by atoms with Crippen LogP contribution in [0.15, 0.2) is 23.1 Å². The summed E-state index contributed by atoms with van der Waals surface area (Å²) in [7, 11) is 0. The fourth-order valence-corrected chi connectivity index (χ4v) is 1.10. The SMILES string of the molecule is C[C@@H](O)[C@H](N)c1nc(-c2ccncn2)no1. The highest BCUT2D eigenvalue weighted by molar-refractivity contribution is 5.46. The fourth-order valence-electron chi connectivity index (χ4n) is 1.10. The van der Waals surface area contributed by atoms with Gasteiger partial charge in [-0.1, -0.05) is 5.16 Å². The molecule has 7 heteroatoms. The van der Waals surface area contributed by atoms with E-state index in [-0.39, 0.29) is 5.89 Å². The molecule has 2 aromatic rings. The molecule has 7 nitrogen and oxygen atoms in total. The Morgan fingerprint density at radius 3 is 2.94 bits per heavy atom. The second-order valence-electron chi connectivity index (χ2n) is 3.32. The summed E-state index contributed by atoms with van der Waals surface area (Å²) >= 11 is 0. The van der Waals surface area contributed by atoms with Gasteiger partial charge in [-0.25, -0.2) is 9.97 Å². The minimum absolute atomic E-state index is 0.184. The molecule has 0 unspecified atom stereocenters. The molecule has 0 saturated carbocycles. The third kappa shape index (κ3) is 2.05. The fraction of sp³-hybridized carbons (Fsp3) is 0.333. The molecule has 0 aliphatic carbocycles. The van der Waals surface area contributed by atoms with Crippen molar-refractivity contribution in [1.82, 2.24) is 20.1 Å². The van der Waals surface area contributed by atoms with E-state index in [1.807, 2.05) is 0 Å². The van der Waals surface area contributed by atoms with Crippen LogP contribution in [-0.2, 0) is 0 Å². The van der Waals surface area contributed by atoms with Gasteiger partial charge in [-0.05, 0) is 13.0 Å². The van der Waals surface area contributed by atoms with Gasteiger partial charge in [0.25, 0.3) is 0 Å². The van der Waals surface area contributed by atoms with E-state index in [1.165, 1.54) is 6.33 Å². The van der Waals surface area contributed by atoms with Crippen molar-refractivity contribution >= 4 is 0 Å². The molecule has 0 aliphatic rings. The van der Waals surface area contributed by atoms with E-state index >= 15 is 0 Å². The molecule has 2 rings (SSSR count). The summed E-state index contributed by atoms with van der Waals surface area (Å²) < 4.78 is 4.94. The Labute approximate surface area is 91.3 Å². The molecule has 0 fully saturated rings. The van der Waals surface area contributed by atoms with Crippen LogP contribution in [0, 0.1) is 0 Å². The van der Waals surface area contributed by atoms with Gasteiger partial charge in [0.15, 0.2) is 0 Å². The van der Waals surface area contributed by atoms with E-state index < -0.39 is 12.1 Å². The Bertz CT molecular complexity index is 456. The number of aromatic nitrogens is 4. The lowest BCUT2D eigenvalue weighted by molar-refractivity contribution is 0.146. The summed E-state index contributed by atoms with van der Waals surface area (Å²) in [6.45, 7) is 1.55. The monoisotopic (exact) mass is 221 g/mol. The lowest BCUT2D eigenvalue weighted by atomic mass is 10.2. The minimum Gasteiger partial charge on any atom is -0.391 e. The molecular formula is C9H11N5O2. The molecule has 3 N–H and O–H groups in total. The molecule has 2 aromatic heterocycles. The summed E-state index contributed by atoms with van der Waals surface area (Å²) in [6, 6.07) is 0.964. The highest BCUT2D eigenvalue weighted by Crippen LogP contribution is 2.16. The van der Waals surface area contributed by atoms with Crippen molar-refractivity contribution in [1.29, 1.82) is 0 Å². The Kier molecular flexibility index (Phi) is 2.88. The van der Waals surface area contributed by atoms with Gasteiger partial charge in [0.05, 0.1) is 6.10 Å². The van der Waals surface area contributed by atoms with E-state index in [1.54, 1.807) is 19.2 Å². The van der Waals surface area contributed by atoms with Gasteiger partial charge in [-0.2, -0.15) is 4.98 Å². The first-order valence-electron chi connectivity index (χ1n) is 4.72. The second kappa shape index (κ2) is 4.33. The summed E-state index contributed by atoms with van der Waals surface area (Å²) in [4.78, 5) is 11.8. The third-order valence-corrected chi connectivity index (χ3v) is 2.06. The molecular weight excluding hydrogens is 210 g/mol. The summed E-state index contributed by atoms with van der Waals surface area (Å²) in [5, 5.41) is 13.0. The molecule has 0 bridgehead atoms. The number of aliphatic hydroxyl groups excluding tert-OH is 1. The molecule has 0 spiro atoms. The Balaban J connectivity index is 2.27. The molecule has 16 heavy (non-hydrogen) atoms. The lowest BCUT2D eigenvalue weighted by Crippen LogP contribution is -2.23. The van der Waals surface area contributed by atoms with Crippen molar-refractivity contribution in [2.45, 2.75) is 19.1 Å². The van der Waals surface area contributed by atoms with Gasteiger partial charge >= 0.3 is 0 Å². The number of hydrogen-bond donors (Lipinski definition) is 2. The average molecular weight is 221 g/mol. The van der Waals surface area contributed by atoms with Crippen LogP contribution in [-0.4, -0.2) is 31.3 Å². The zero-order chi connectivity index (χ0) is 11.5. The zero-order valence-electron chi connectivity index (χ0n) is 8.61. The average Bonchev–Trinajstić information content (AvgIpc) is 2.78. The van der Waals surface area contributed by atoms with Crippen LogP contribution >= 0.6 is 0 Å². The van der Waals surface area contributed by atoms with Crippen molar-refractivity contribution in [3.8, 4) is 11.5 Å². The smallest absolute Gasteiger partial charge is 0.246 e. The maximum absolute atomic E-state index is 9.28. The molecule has 2 heterocycles. The Hall–Kier alpha value is -1.86. The van der Waals surface area contributed by atoms with Crippen LogP contribution in [0.3, 0.4) is 0 Å². The van der Waals surface area contributed by atoms with Gasteiger partial charge in [0.1, 0.15) is 18.1 Å². The van der Waals surface area contributed by atoms with E-state index in [9.17, 15) is 5.11 Å². The maximum atomic E-state index is 9.28. The summed E-state index contributed by atoms with van der Waals surface area (Å²) in [5.74, 6) is 0.511. The first-order valence-corrected chi connectivity index (χ1v) is 4.72. The predicted molar refractivity (Wildman–Crippen MR) is 53.9 cm³/mol.